The van der Waals surface area contributed by atoms with Crippen LogP contribution in [0.4, 0.5) is 0 Å². The Kier molecular flexibility index (Phi) is 7.56. The number of likely N-dealkylation sites (tertiary alicyclic amines) is 1. The van der Waals surface area contributed by atoms with E-state index in [1.54, 1.807) is 7.11 Å². The maximum atomic E-state index is 6.17. The molecule has 1 fully saturated rings. The summed E-state index contributed by atoms with van der Waals surface area (Å²) in [6, 6.07) is 14.9. The van der Waals surface area contributed by atoms with Gasteiger partial charge in [-0.2, -0.15) is 0 Å². The number of nitrogens with zero attached hydrogens (tertiary/aromatic N) is 1. The summed E-state index contributed by atoms with van der Waals surface area (Å²) in [7, 11) is 1.69. The van der Waals surface area contributed by atoms with Gasteiger partial charge in [0.1, 0.15) is 6.61 Å². The molecule has 0 amide bonds. The van der Waals surface area contributed by atoms with Gasteiger partial charge < -0.3 is 14.8 Å². The van der Waals surface area contributed by atoms with E-state index < -0.39 is 0 Å². The Labute approximate surface area is 171 Å². The Hall–Kier alpha value is -1.56. The van der Waals surface area contributed by atoms with Crippen LogP contribution in [0.5, 0.6) is 11.5 Å². The highest BCUT2D eigenvalue weighted by Crippen LogP contribution is 2.35. The summed E-state index contributed by atoms with van der Waals surface area (Å²) in [5, 5.41) is 3.63. The number of ether oxygens (including phenoxy) is 2. The topological polar surface area (TPSA) is 33.7 Å². The zero-order chi connectivity index (χ0) is 19.1. The fourth-order valence-electron chi connectivity index (χ4n) is 3.72. The average molecular weight is 433 g/mol. The zero-order valence-electron chi connectivity index (χ0n) is 16.2. The minimum Gasteiger partial charge on any atom is -0.493 e. The van der Waals surface area contributed by atoms with Crippen molar-refractivity contribution >= 4 is 15.9 Å². The molecule has 0 saturated carbocycles. The Morgan fingerprint density at radius 3 is 2.78 bits per heavy atom. The van der Waals surface area contributed by atoms with Crippen LogP contribution in [0.25, 0.3) is 0 Å². The highest BCUT2D eigenvalue weighted by Gasteiger charge is 2.22. The maximum Gasteiger partial charge on any atom is 0.166 e. The first-order valence-electron chi connectivity index (χ1n) is 9.69. The van der Waals surface area contributed by atoms with E-state index in [1.165, 1.54) is 19.4 Å². The quantitative estimate of drug-likeness (QED) is 0.626. The number of hydrogen-bond acceptors (Lipinski definition) is 4. The van der Waals surface area contributed by atoms with Gasteiger partial charge in [-0.15, -0.1) is 0 Å². The Balaban J connectivity index is 1.68. The third kappa shape index (κ3) is 5.47. The summed E-state index contributed by atoms with van der Waals surface area (Å²) >= 11 is 3.59. The molecule has 1 N–H and O–H groups in total. The Bertz CT molecular complexity index is 724. The van der Waals surface area contributed by atoms with Crippen LogP contribution < -0.4 is 14.8 Å². The lowest BCUT2D eigenvalue weighted by atomic mass is 10.1. The first kappa shape index (κ1) is 20.2. The SMILES string of the molecule is CCN1CCC[C@@H]1CNCc1cc(Br)cc(OC)c1OCc1ccccc1. The van der Waals surface area contributed by atoms with E-state index in [2.05, 4.69) is 51.3 Å². The van der Waals surface area contributed by atoms with Crippen molar-refractivity contribution in [2.75, 3.05) is 26.7 Å². The molecule has 1 saturated heterocycles. The number of nitrogens with one attached hydrogen (secondary N) is 1. The Morgan fingerprint density at radius 1 is 1.22 bits per heavy atom. The van der Waals surface area contributed by atoms with E-state index in [-0.39, 0.29) is 0 Å². The molecule has 3 rings (SSSR count). The molecule has 1 aliphatic rings. The molecule has 0 aliphatic carbocycles. The molecule has 0 spiro atoms. The summed E-state index contributed by atoms with van der Waals surface area (Å²) in [6.45, 7) is 6.88. The number of benzene rings is 2. The van der Waals surface area contributed by atoms with Gasteiger partial charge in [0.05, 0.1) is 7.11 Å². The number of methoxy groups -OCH3 is 1. The lowest BCUT2D eigenvalue weighted by Crippen LogP contribution is -2.37. The summed E-state index contributed by atoms with van der Waals surface area (Å²) in [5.74, 6) is 1.57. The smallest absolute Gasteiger partial charge is 0.166 e. The summed E-state index contributed by atoms with van der Waals surface area (Å²) < 4.78 is 12.7. The van der Waals surface area contributed by atoms with E-state index in [0.29, 0.717) is 12.6 Å². The van der Waals surface area contributed by atoms with Gasteiger partial charge in [0.2, 0.25) is 0 Å². The monoisotopic (exact) mass is 432 g/mol. The highest BCUT2D eigenvalue weighted by atomic mass is 79.9. The minimum atomic E-state index is 0.526. The number of rotatable bonds is 9. The van der Waals surface area contributed by atoms with Gasteiger partial charge in [-0.3, -0.25) is 4.90 Å². The molecular formula is C22H29BrN2O2. The van der Waals surface area contributed by atoms with Crippen LogP contribution in [0.3, 0.4) is 0 Å². The lowest BCUT2D eigenvalue weighted by Gasteiger charge is -2.23. The van der Waals surface area contributed by atoms with Crippen molar-refractivity contribution in [3.8, 4) is 11.5 Å². The van der Waals surface area contributed by atoms with Crippen molar-refractivity contribution < 1.29 is 9.47 Å². The van der Waals surface area contributed by atoms with Crippen LogP contribution in [0, 0.1) is 0 Å². The molecule has 2 aromatic rings. The van der Waals surface area contributed by atoms with E-state index >= 15 is 0 Å². The zero-order valence-corrected chi connectivity index (χ0v) is 17.8. The third-order valence-electron chi connectivity index (χ3n) is 5.14. The van der Waals surface area contributed by atoms with Gasteiger partial charge in [-0.1, -0.05) is 53.2 Å². The fourth-order valence-corrected chi connectivity index (χ4v) is 4.20. The van der Waals surface area contributed by atoms with Crippen LogP contribution in [0.15, 0.2) is 46.9 Å². The van der Waals surface area contributed by atoms with E-state index in [1.807, 2.05) is 24.3 Å². The van der Waals surface area contributed by atoms with Gasteiger partial charge in [0.25, 0.3) is 0 Å². The Morgan fingerprint density at radius 2 is 2.04 bits per heavy atom. The molecule has 5 heteroatoms. The lowest BCUT2D eigenvalue weighted by molar-refractivity contribution is 0.258. The molecule has 0 bridgehead atoms. The first-order valence-corrected chi connectivity index (χ1v) is 10.5. The molecule has 1 heterocycles. The van der Waals surface area contributed by atoms with Gasteiger partial charge in [-0.05, 0) is 43.6 Å². The van der Waals surface area contributed by atoms with Crippen molar-refractivity contribution in [3.63, 3.8) is 0 Å². The predicted molar refractivity (Wildman–Crippen MR) is 113 cm³/mol. The van der Waals surface area contributed by atoms with Gasteiger partial charge >= 0.3 is 0 Å². The fraction of sp³-hybridized carbons (Fsp3) is 0.455. The summed E-state index contributed by atoms with van der Waals surface area (Å²) in [6.07, 6.45) is 2.58. The normalized spacial score (nSPS) is 17.2. The molecule has 0 radical (unpaired) electrons. The van der Waals surface area contributed by atoms with E-state index in [0.717, 1.165) is 46.7 Å². The van der Waals surface area contributed by atoms with Crippen molar-refractivity contribution in [1.82, 2.24) is 10.2 Å². The second-order valence-corrected chi connectivity index (χ2v) is 7.84. The standard InChI is InChI=1S/C22H29BrN2O2/c1-3-25-11-7-10-20(25)15-24-14-18-12-19(23)13-21(26-2)22(18)27-16-17-8-5-4-6-9-17/h4-6,8-9,12-13,20,24H,3,7,10-11,14-16H2,1-2H3/t20-/m1/s1. The maximum absolute atomic E-state index is 6.17. The van der Waals surface area contributed by atoms with Crippen LogP contribution in [0.2, 0.25) is 0 Å². The molecule has 2 aromatic carbocycles. The first-order chi connectivity index (χ1) is 13.2. The second kappa shape index (κ2) is 10.1. The summed E-state index contributed by atoms with van der Waals surface area (Å²) in [4.78, 5) is 2.56. The van der Waals surface area contributed by atoms with Crippen molar-refractivity contribution in [1.29, 1.82) is 0 Å². The van der Waals surface area contributed by atoms with E-state index in [4.69, 9.17) is 9.47 Å². The minimum absolute atomic E-state index is 0.526. The predicted octanol–water partition coefficient (Wildman–Crippen LogP) is 4.61. The molecule has 146 valence electrons. The third-order valence-corrected chi connectivity index (χ3v) is 5.60. The molecule has 0 unspecified atom stereocenters. The average Bonchev–Trinajstić information content (AvgIpc) is 3.15. The van der Waals surface area contributed by atoms with Gasteiger partial charge in [0.15, 0.2) is 11.5 Å². The molecule has 1 aliphatic heterocycles. The van der Waals surface area contributed by atoms with Gasteiger partial charge in [-0.25, -0.2) is 0 Å². The molecule has 1 atom stereocenters. The second-order valence-electron chi connectivity index (χ2n) is 6.93. The van der Waals surface area contributed by atoms with Crippen molar-refractivity contribution in [2.45, 2.75) is 39.0 Å². The number of hydrogen-bond donors (Lipinski definition) is 1. The van der Waals surface area contributed by atoms with Crippen LogP contribution >= 0.6 is 15.9 Å². The van der Waals surface area contributed by atoms with Crippen LogP contribution in [-0.4, -0.2) is 37.7 Å². The molecule has 0 aromatic heterocycles. The van der Waals surface area contributed by atoms with Crippen LogP contribution in [0.1, 0.15) is 30.9 Å². The van der Waals surface area contributed by atoms with Crippen molar-refractivity contribution in [2.24, 2.45) is 0 Å². The van der Waals surface area contributed by atoms with Crippen LogP contribution in [-0.2, 0) is 13.2 Å². The molecule has 27 heavy (non-hydrogen) atoms. The number of likely N-dealkylation sites (N-methyl/N-ethyl adjacent to an activating group) is 1. The highest BCUT2D eigenvalue weighted by molar-refractivity contribution is 9.10. The van der Waals surface area contributed by atoms with E-state index in [9.17, 15) is 0 Å². The largest absolute Gasteiger partial charge is 0.493 e. The number of halogens is 1. The van der Waals surface area contributed by atoms with Crippen molar-refractivity contribution in [3.05, 3.63) is 58.1 Å². The molecular weight excluding hydrogens is 404 g/mol. The molecule has 4 nitrogen and oxygen atoms in total. The van der Waals surface area contributed by atoms with Gasteiger partial charge in [0, 0.05) is 29.2 Å². The summed E-state index contributed by atoms with van der Waals surface area (Å²) in [5.41, 5.74) is 2.25.